The van der Waals surface area contributed by atoms with Crippen molar-refractivity contribution in [1.29, 1.82) is 0 Å². The first-order chi connectivity index (χ1) is 9.31. The van der Waals surface area contributed by atoms with Crippen molar-refractivity contribution in [3.63, 3.8) is 0 Å². The van der Waals surface area contributed by atoms with Crippen molar-refractivity contribution >= 4 is 40.7 Å². The summed E-state index contributed by atoms with van der Waals surface area (Å²) in [4.78, 5) is 26.2. The summed E-state index contributed by atoms with van der Waals surface area (Å²) in [6, 6.07) is 4.42. The maximum Gasteiger partial charge on any atom is 0.253 e. The second-order valence-electron chi connectivity index (χ2n) is 5.10. The Morgan fingerprint density at radius 1 is 1.35 bits per heavy atom. The molecule has 1 aromatic carbocycles. The number of hydrogen-bond donors (Lipinski definition) is 1. The van der Waals surface area contributed by atoms with Crippen molar-refractivity contribution < 1.29 is 9.59 Å². The molecule has 1 heterocycles. The Morgan fingerprint density at radius 2 is 2.00 bits per heavy atom. The van der Waals surface area contributed by atoms with Crippen LogP contribution in [0.2, 0.25) is 10.0 Å². The molecule has 1 N–H and O–H groups in total. The Labute approximate surface area is 128 Å². The second-order valence-corrected chi connectivity index (χ2v) is 5.88. The smallest absolute Gasteiger partial charge is 0.253 e. The maximum atomic E-state index is 12.7. The van der Waals surface area contributed by atoms with Crippen LogP contribution in [-0.4, -0.2) is 23.4 Å². The van der Waals surface area contributed by atoms with E-state index < -0.39 is 11.6 Å². The van der Waals surface area contributed by atoms with Crippen LogP contribution < -0.4 is 10.2 Å². The summed E-state index contributed by atoms with van der Waals surface area (Å²) in [5.41, 5.74) is -0.457. The third-order valence-electron chi connectivity index (χ3n) is 3.75. The van der Waals surface area contributed by atoms with E-state index in [0.717, 1.165) is 0 Å². The van der Waals surface area contributed by atoms with Crippen LogP contribution in [0.3, 0.4) is 0 Å². The first-order valence-electron chi connectivity index (χ1n) is 6.41. The molecule has 0 bridgehead atoms. The van der Waals surface area contributed by atoms with Gasteiger partial charge in [0.25, 0.3) is 5.91 Å². The molecule has 0 aromatic heterocycles. The summed E-state index contributed by atoms with van der Waals surface area (Å²) in [6.45, 7) is 5.23. The summed E-state index contributed by atoms with van der Waals surface area (Å²) in [6.07, 6.45) is 0.499. The summed E-state index contributed by atoms with van der Waals surface area (Å²) in [5.74, 6) is -0.388. The lowest BCUT2D eigenvalue weighted by molar-refractivity contribution is -0.137. The number of hydrogen-bond acceptors (Lipinski definition) is 2. The molecule has 1 aromatic rings. The van der Waals surface area contributed by atoms with Crippen molar-refractivity contribution in [3.05, 3.63) is 28.2 Å². The molecule has 2 rings (SSSR count). The van der Waals surface area contributed by atoms with E-state index >= 15 is 0 Å². The lowest BCUT2D eigenvalue weighted by Gasteiger charge is -2.43. The molecule has 1 fully saturated rings. The van der Waals surface area contributed by atoms with Crippen LogP contribution >= 0.6 is 23.2 Å². The molecule has 2 amide bonds. The summed E-state index contributed by atoms with van der Waals surface area (Å²) >= 11 is 12.2. The minimum absolute atomic E-state index is 0.184. The molecule has 6 heteroatoms. The Kier molecular flexibility index (Phi) is 3.98. The highest BCUT2D eigenvalue weighted by Crippen LogP contribution is 2.36. The number of carbonyl (C=O) groups excluding carboxylic acids is 2. The van der Waals surface area contributed by atoms with Gasteiger partial charge in [-0.15, -0.1) is 0 Å². The molecule has 108 valence electrons. The van der Waals surface area contributed by atoms with Gasteiger partial charge in [-0.2, -0.15) is 0 Å². The fraction of sp³-hybridized carbons (Fsp3) is 0.429. The molecule has 2 unspecified atom stereocenters. The zero-order valence-corrected chi connectivity index (χ0v) is 13.0. The Morgan fingerprint density at radius 3 is 2.60 bits per heavy atom. The van der Waals surface area contributed by atoms with E-state index in [1.54, 1.807) is 32.0 Å². The molecular formula is C14H16Cl2N2O2. The van der Waals surface area contributed by atoms with Crippen molar-refractivity contribution in [2.24, 2.45) is 0 Å². The summed E-state index contributed by atoms with van der Waals surface area (Å²) in [7, 11) is 0. The number of halogens is 2. The number of benzene rings is 1. The van der Waals surface area contributed by atoms with Gasteiger partial charge in [-0.3, -0.25) is 14.5 Å². The largest absolute Gasteiger partial charge is 0.340 e. The molecule has 0 aliphatic carbocycles. The molecule has 1 aliphatic rings. The van der Waals surface area contributed by atoms with Crippen LogP contribution in [0.15, 0.2) is 18.2 Å². The van der Waals surface area contributed by atoms with E-state index in [4.69, 9.17) is 23.2 Å². The SMILES string of the molecule is CCC1(C)NC(=O)C(C)N(c2cccc(Cl)c2Cl)C1=O. The van der Waals surface area contributed by atoms with E-state index in [1.165, 1.54) is 4.90 Å². The monoisotopic (exact) mass is 314 g/mol. The summed E-state index contributed by atoms with van der Waals surface area (Å²) < 4.78 is 0. The quantitative estimate of drug-likeness (QED) is 0.912. The van der Waals surface area contributed by atoms with Gasteiger partial charge in [-0.25, -0.2) is 0 Å². The van der Waals surface area contributed by atoms with Gasteiger partial charge in [-0.05, 0) is 32.4 Å². The molecule has 1 saturated heterocycles. The van der Waals surface area contributed by atoms with Crippen LogP contribution in [0, 0.1) is 0 Å². The lowest BCUT2D eigenvalue weighted by Crippen LogP contribution is -2.68. The van der Waals surface area contributed by atoms with Crippen LogP contribution in [0.4, 0.5) is 5.69 Å². The molecule has 20 heavy (non-hydrogen) atoms. The summed E-state index contributed by atoms with van der Waals surface area (Å²) in [5, 5.41) is 3.40. The van der Waals surface area contributed by atoms with E-state index in [-0.39, 0.29) is 16.8 Å². The van der Waals surface area contributed by atoms with Gasteiger partial charge in [0, 0.05) is 0 Å². The van der Waals surface area contributed by atoms with Crippen molar-refractivity contribution in [2.75, 3.05) is 4.90 Å². The van der Waals surface area contributed by atoms with Crippen molar-refractivity contribution in [2.45, 2.75) is 38.8 Å². The molecule has 4 nitrogen and oxygen atoms in total. The van der Waals surface area contributed by atoms with Crippen molar-refractivity contribution in [3.8, 4) is 0 Å². The minimum Gasteiger partial charge on any atom is -0.340 e. The van der Waals surface area contributed by atoms with E-state index in [9.17, 15) is 9.59 Å². The van der Waals surface area contributed by atoms with Gasteiger partial charge < -0.3 is 5.32 Å². The zero-order chi connectivity index (χ0) is 15.1. The third kappa shape index (κ3) is 2.27. The first-order valence-corrected chi connectivity index (χ1v) is 7.17. The number of nitrogens with one attached hydrogen (secondary N) is 1. The molecule has 0 radical (unpaired) electrons. The molecule has 2 atom stereocenters. The van der Waals surface area contributed by atoms with Crippen molar-refractivity contribution in [1.82, 2.24) is 5.32 Å². The van der Waals surface area contributed by atoms with Gasteiger partial charge in [0.1, 0.15) is 11.6 Å². The van der Waals surface area contributed by atoms with Crippen LogP contribution in [-0.2, 0) is 9.59 Å². The molecule has 0 saturated carbocycles. The Hall–Kier alpha value is -1.26. The van der Waals surface area contributed by atoms with Gasteiger partial charge in [0.15, 0.2) is 0 Å². The number of anilines is 1. The normalized spacial score (nSPS) is 26.6. The van der Waals surface area contributed by atoms with Crippen LogP contribution in [0.5, 0.6) is 0 Å². The van der Waals surface area contributed by atoms with E-state index in [0.29, 0.717) is 17.1 Å². The van der Waals surface area contributed by atoms with Crippen LogP contribution in [0.1, 0.15) is 27.2 Å². The number of carbonyl (C=O) groups is 2. The first kappa shape index (κ1) is 15.1. The fourth-order valence-corrected chi connectivity index (χ4v) is 2.61. The third-order valence-corrected chi connectivity index (χ3v) is 4.56. The zero-order valence-electron chi connectivity index (χ0n) is 11.5. The van der Waals surface area contributed by atoms with Gasteiger partial charge in [0.05, 0.1) is 15.7 Å². The van der Waals surface area contributed by atoms with E-state index in [2.05, 4.69) is 5.32 Å². The van der Waals surface area contributed by atoms with Gasteiger partial charge in [0.2, 0.25) is 5.91 Å². The predicted octanol–water partition coefficient (Wildman–Crippen LogP) is 3.01. The van der Waals surface area contributed by atoms with Gasteiger partial charge in [-0.1, -0.05) is 36.2 Å². The molecule has 0 spiro atoms. The number of rotatable bonds is 2. The standard InChI is InChI=1S/C14H16Cl2N2O2/c1-4-14(3)13(20)18(8(2)12(19)17-14)10-7-5-6-9(15)11(10)16/h5-8H,4H2,1-3H3,(H,17,19). The topological polar surface area (TPSA) is 49.4 Å². The average molecular weight is 315 g/mol. The minimum atomic E-state index is -0.921. The predicted molar refractivity (Wildman–Crippen MR) is 80.2 cm³/mol. The van der Waals surface area contributed by atoms with Crippen LogP contribution in [0.25, 0.3) is 0 Å². The number of amides is 2. The number of piperazine rings is 1. The Balaban J connectivity index is 2.55. The highest BCUT2D eigenvalue weighted by atomic mass is 35.5. The Bertz CT molecular complexity index is 576. The molecular weight excluding hydrogens is 299 g/mol. The van der Waals surface area contributed by atoms with E-state index in [1.807, 2.05) is 6.92 Å². The highest BCUT2D eigenvalue weighted by molar-refractivity contribution is 6.44. The van der Waals surface area contributed by atoms with Gasteiger partial charge >= 0.3 is 0 Å². The fourth-order valence-electron chi connectivity index (χ4n) is 2.22. The average Bonchev–Trinajstić information content (AvgIpc) is 2.41. The molecule has 1 aliphatic heterocycles. The highest BCUT2D eigenvalue weighted by Gasteiger charge is 2.46. The number of nitrogens with zero attached hydrogens (tertiary/aromatic N) is 1. The second kappa shape index (κ2) is 5.26. The maximum absolute atomic E-state index is 12.7. The lowest BCUT2D eigenvalue weighted by atomic mass is 9.92.